The molecule has 3 rings (SSSR count). The molecular formula is C14H11ClN4OS. The largest absolute Gasteiger partial charge is 0.329 e. The molecule has 2 heterocycles. The molecule has 0 spiro atoms. The highest BCUT2D eigenvalue weighted by molar-refractivity contribution is 7.99. The Morgan fingerprint density at radius 3 is 2.67 bits per heavy atom. The van der Waals surface area contributed by atoms with Gasteiger partial charge in [0.2, 0.25) is 0 Å². The zero-order valence-corrected chi connectivity index (χ0v) is 12.7. The molecule has 0 fully saturated rings. The van der Waals surface area contributed by atoms with E-state index in [4.69, 9.17) is 11.6 Å². The van der Waals surface area contributed by atoms with Gasteiger partial charge in [-0.2, -0.15) is 9.78 Å². The van der Waals surface area contributed by atoms with Crippen molar-refractivity contribution >= 4 is 23.4 Å². The van der Waals surface area contributed by atoms with Crippen LogP contribution in [-0.2, 0) is 7.05 Å². The molecule has 0 saturated heterocycles. The molecule has 5 nitrogen and oxygen atoms in total. The number of para-hydroxylation sites is 1. The third-order valence-electron chi connectivity index (χ3n) is 2.87. The lowest BCUT2D eigenvalue weighted by molar-refractivity contribution is 0.779. The fourth-order valence-electron chi connectivity index (χ4n) is 1.79. The van der Waals surface area contributed by atoms with E-state index < -0.39 is 0 Å². The topological polar surface area (TPSA) is 52.7 Å². The number of hydrogen-bond donors (Lipinski definition) is 0. The summed E-state index contributed by atoms with van der Waals surface area (Å²) in [6.07, 6.45) is 5.10. The number of rotatable bonds is 3. The molecule has 0 atom stereocenters. The Balaban J connectivity index is 2.01. The molecule has 0 aliphatic carbocycles. The lowest BCUT2D eigenvalue weighted by atomic mass is 10.3. The lowest BCUT2D eigenvalue weighted by Crippen LogP contribution is -2.21. The van der Waals surface area contributed by atoms with Crippen molar-refractivity contribution in [1.82, 2.24) is 19.3 Å². The first-order valence-corrected chi connectivity index (χ1v) is 7.34. The van der Waals surface area contributed by atoms with Gasteiger partial charge in [0.05, 0.1) is 16.8 Å². The number of aromatic nitrogens is 4. The van der Waals surface area contributed by atoms with Crippen LogP contribution in [0.25, 0.3) is 5.69 Å². The van der Waals surface area contributed by atoms with Crippen molar-refractivity contribution in [2.75, 3.05) is 0 Å². The first-order chi connectivity index (χ1) is 10.2. The summed E-state index contributed by atoms with van der Waals surface area (Å²) in [7, 11) is 1.88. The van der Waals surface area contributed by atoms with Gasteiger partial charge in [0.25, 0.3) is 5.56 Å². The van der Waals surface area contributed by atoms with Gasteiger partial charge in [0.1, 0.15) is 5.02 Å². The average Bonchev–Trinajstić information content (AvgIpc) is 2.90. The molecule has 0 saturated carbocycles. The summed E-state index contributed by atoms with van der Waals surface area (Å²) in [5.41, 5.74) is 0.333. The van der Waals surface area contributed by atoms with Crippen LogP contribution < -0.4 is 5.56 Å². The molecule has 0 bridgehead atoms. The zero-order chi connectivity index (χ0) is 14.8. The number of benzene rings is 1. The van der Waals surface area contributed by atoms with Crippen LogP contribution in [-0.4, -0.2) is 19.3 Å². The molecule has 0 unspecified atom stereocenters. The van der Waals surface area contributed by atoms with Crippen molar-refractivity contribution in [2.24, 2.45) is 7.05 Å². The lowest BCUT2D eigenvalue weighted by Gasteiger charge is -2.07. The van der Waals surface area contributed by atoms with Gasteiger partial charge in [-0.1, -0.05) is 29.8 Å². The van der Waals surface area contributed by atoms with E-state index >= 15 is 0 Å². The highest BCUT2D eigenvalue weighted by atomic mass is 35.5. The Labute approximate surface area is 130 Å². The van der Waals surface area contributed by atoms with Crippen LogP contribution in [0, 0.1) is 0 Å². The summed E-state index contributed by atoms with van der Waals surface area (Å²) in [5.74, 6) is 0. The van der Waals surface area contributed by atoms with Gasteiger partial charge in [-0.3, -0.25) is 4.79 Å². The van der Waals surface area contributed by atoms with E-state index in [9.17, 15) is 4.79 Å². The fraction of sp³-hybridized carbons (Fsp3) is 0.0714. The van der Waals surface area contributed by atoms with Crippen LogP contribution >= 0.6 is 23.4 Å². The van der Waals surface area contributed by atoms with Gasteiger partial charge in [-0.15, -0.1) is 0 Å². The first kappa shape index (κ1) is 13.9. The van der Waals surface area contributed by atoms with Crippen LogP contribution in [0.5, 0.6) is 0 Å². The summed E-state index contributed by atoms with van der Waals surface area (Å²) >= 11 is 7.50. The van der Waals surface area contributed by atoms with E-state index in [-0.39, 0.29) is 10.6 Å². The molecule has 21 heavy (non-hydrogen) atoms. The average molecular weight is 319 g/mol. The molecule has 0 N–H and O–H groups in total. The van der Waals surface area contributed by atoms with E-state index in [0.717, 1.165) is 5.16 Å². The van der Waals surface area contributed by atoms with Gasteiger partial charge in [0.15, 0.2) is 5.16 Å². The summed E-state index contributed by atoms with van der Waals surface area (Å²) in [6, 6.07) is 9.16. The molecule has 0 amide bonds. The second-order valence-electron chi connectivity index (χ2n) is 4.30. The molecule has 3 aromatic rings. The smallest absolute Gasteiger partial charge is 0.291 e. The van der Waals surface area contributed by atoms with Crippen LogP contribution in [0.4, 0.5) is 0 Å². The Kier molecular flexibility index (Phi) is 3.81. The molecule has 0 aliphatic rings. The zero-order valence-electron chi connectivity index (χ0n) is 11.1. The summed E-state index contributed by atoms with van der Waals surface area (Å²) in [5, 5.41) is 5.07. The number of aryl methyl sites for hydroxylation is 1. The van der Waals surface area contributed by atoms with E-state index in [1.54, 1.807) is 24.5 Å². The molecular weight excluding hydrogens is 308 g/mol. The van der Waals surface area contributed by atoms with Crippen LogP contribution in [0.15, 0.2) is 63.8 Å². The van der Waals surface area contributed by atoms with E-state index in [0.29, 0.717) is 10.6 Å². The van der Waals surface area contributed by atoms with E-state index in [1.165, 1.54) is 16.4 Å². The quantitative estimate of drug-likeness (QED) is 0.745. The van der Waals surface area contributed by atoms with E-state index in [2.05, 4.69) is 10.1 Å². The molecule has 2 aromatic heterocycles. The van der Waals surface area contributed by atoms with Crippen LogP contribution in [0.2, 0.25) is 5.02 Å². The number of imidazole rings is 1. The minimum Gasteiger partial charge on any atom is -0.329 e. The van der Waals surface area contributed by atoms with Crippen LogP contribution in [0.1, 0.15) is 0 Å². The third-order valence-corrected chi connectivity index (χ3v) is 4.45. The van der Waals surface area contributed by atoms with Crippen molar-refractivity contribution in [3.63, 3.8) is 0 Å². The van der Waals surface area contributed by atoms with Crippen molar-refractivity contribution in [3.05, 3.63) is 64.3 Å². The maximum absolute atomic E-state index is 12.3. The minimum atomic E-state index is -0.345. The van der Waals surface area contributed by atoms with E-state index in [1.807, 2.05) is 36.0 Å². The van der Waals surface area contributed by atoms with Gasteiger partial charge in [-0.05, 0) is 23.9 Å². The summed E-state index contributed by atoms with van der Waals surface area (Å²) in [6.45, 7) is 0. The SMILES string of the molecule is Cn1ccnc1Sc1cnn(-c2ccccc2)c(=O)c1Cl. The maximum atomic E-state index is 12.3. The highest BCUT2D eigenvalue weighted by Gasteiger charge is 2.13. The minimum absolute atomic E-state index is 0.141. The molecule has 1 aromatic carbocycles. The second-order valence-corrected chi connectivity index (χ2v) is 5.69. The summed E-state index contributed by atoms with van der Waals surface area (Å²) in [4.78, 5) is 17.1. The van der Waals surface area contributed by atoms with Crippen molar-refractivity contribution in [3.8, 4) is 5.69 Å². The second kappa shape index (κ2) is 5.75. The molecule has 106 valence electrons. The number of nitrogens with zero attached hydrogens (tertiary/aromatic N) is 4. The van der Waals surface area contributed by atoms with Crippen molar-refractivity contribution in [1.29, 1.82) is 0 Å². The predicted molar refractivity (Wildman–Crippen MR) is 82.2 cm³/mol. The fourth-order valence-corrected chi connectivity index (χ4v) is 2.83. The van der Waals surface area contributed by atoms with Gasteiger partial charge in [0, 0.05) is 19.4 Å². The Bertz CT molecular complexity index is 828. The monoisotopic (exact) mass is 318 g/mol. The normalized spacial score (nSPS) is 10.8. The molecule has 0 aliphatic heterocycles. The first-order valence-electron chi connectivity index (χ1n) is 6.15. The Morgan fingerprint density at radius 1 is 1.24 bits per heavy atom. The van der Waals surface area contributed by atoms with Crippen LogP contribution in [0.3, 0.4) is 0 Å². The van der Waals surface area contributed by atoms with Gasteiger partial charge < -0.3 is 4.57 Å². The van der Waals surface area contributed by atoms with Crippen molar-refractivity contribution in [2.45, 2.75) is 10.1 Å². The number of halogens is 1. The predicted octanol–water partition coefficient (Wildman–Crippen LogP) is 2.77. The Morgan fingerprint density at radius 2 is 2.00 bits per heavy atom. The number of hydrogen-bond acceptors (Lipinski definition) is 4. The van der Waals surface area contributed by atoms with Gasteiger partial charge >= 0.3 is 0 Å². The maximum Gasteiger partial charge on any atom is 0.291 e. The standard InChI is InChI=1S/C14H11ClN4OS/c1-18-8-7-16-14(18)21-11-9-17-19(13(20)12(11)15)10-5-3-2-4-6-10/h2-9H,1H3. The summed E-state index contributed by atoms with van der Waals surface area (Å²) < 4.78 is 3.13. The third kappa shape index (κ3) is 2.72. The highest BCUT2D eigenvalue weighted by Crippen LogP contribution is 2.29. The Hall–Kier alpha value is -2.05. The molecule has 0 radical (unpaired) electrons. The van der Waals surface area contributed by atoms with Crippen molar-refractivity contribution < 1.29 is 0 Å². The molecule has 7 heteroatoms. The van der Waals surface area contributed by atoms with Gasteiger partial charge in [-0.25, -0.2) is 4.98 Å².